The quantitative estimate of drug-likeness (QED) is 0.614. The molecule has 1 aliphatic heterocycles. The molecule has 0 saturated carbocycles. The van der Waals surface area contributed by atoms with Crippen LogP contribution in [0.15, 0.2) is 53.3 Å². The number of ether oxygens (including phenoxy) is 1. The average Bonchev–Trinajstić information content (AvgIpc) is 3.17. The summed E-state index contributed by atoms with van der Waals surface area (Å²) in [7, 11) is 0. The molecule has 4 rings (SSSR count). The molecule has 2 amide bonds. The third kappa shape index (κ3) is 4.29. The van der Waals surface area contributed by atoms with Gasteiger partial charge >= 0.3 is 0 Å². The maximum atomic E-state index is 12.1. The van der Waals surface area contributed by atoms with Gasteiger partial charge in [0.15, 0.2) is 6.61 Å². The predicted molar refractivity (Wildman–Crippen MR) is 111 cm³/mol. The van der Waals surface area contributed by atoms with E-state index in [2.05, 4.69) is 36.6 Å². The van der Waals surface area contributed by atoms with E-state index in [0.29, 0.717) is 17.4 Å². The van der Waals surface area contributed by atoms with Crippen molar-refractivity contribution >= 4 is 39.4 Å². The monoisotopic (exact) mass is 455 g/mol. The van der Waals surface area contributed by atoms with Crippen molar-refractivity contribution in [2.24, 2.45) is 0 Å². The van der Waals surface area contributed by atoms with Crippen LogP contribution in [0.2, 0.25) is 0 Å². The van der Waals surface area contributed by atoms with Gasteiger partial charge in [0.05, 0.1) is 12.5 Å². The SMILES string of the molecule is Cc1cc(NC(=O)COc2ccc(C3CC(=O)Nc4ncnn43)cc2)ccc1Br. The molecule has 29 heavy (non-hydrogen) atoms. The van der Waals surface area contributed by atoms with Gasteiger partial charge in [-0.05, 0) is 48.4 Å². The molecule has 2 aromatic carbocycles. The Hall–Kier alpha value is -3.20. The van der Waals surface area contributed by atoms with Crippen LogP contribution in [-0.4, -0.2) is 33.2 Å². The standard InChI is InChI=1S/C20H18BrN5O3/c1-12-8-14(4-7-16(12)21)24-19(28)10-29-15-5-2-13(3-6-15)17-9-18(27)25-20-22-11-23-26(17)20/h2-8,11,17H,9-10H2,1H3,(H,24,28)(H,22,23,25,27). The number of amides is 2. The zero-order chi connectivity index (χ0) is 20.4. The van der Waals surface area contributed by atoms with Gasteiger partial charge in [-0.25, -0.2) is 4.68 Å². The molecule has 0 radical (unpaired) electrons. The normalized spacial score (nSPS) is 15.4. The summed E-state index contributed by atoms with van der Waals surface area (Å²) in [5.74, 6) is 0.657. The van der Waals surface area contributed by atoms with Crippen molar-refractivity contribution in [3.05, 3.63) is 64.4 Å². The molecular formula is C20H18BrN5O3. The fourth-order valence-corrected chi connectivity index (χ4v) is 3.37. The van der Waals surface area contributed by atoms with Gasteiger partial charge in [-0.1, -0.05) is 28.1 Å². The second-order valence-corrected chi connectivity index (χ2v) is 7.52. The van der Waals surface area contributed by atoms with Crippen LogP contribution in [0, 0.1) is 6.92 Å². The Morgan fingerprint density at radius 3 is 2.86 bits per heavy atom. The molecule has 3 aromatic rings. The fraction of sp³-hybridized carbons (Fsp3) is 0.200. The van der Waals surface area contributed by atoms with Crippen molar-refractivity contribution in [2.45, 2.75) is 19.4 Å². The highest BCUT2D eigenvalue weighted by Gasteiger charge is 2.27. The number of nitrogens with one attached hydrogen (secondary N) is 2. The summed E-state index contributed by atoms with van der Waals surface area (Å²) in [6, 6.07) is 12.6. The zero-order valence-corrected chi connectivity index (χ0v) is 17.1. The fourth-order valence-electron chi connectivity index (χ4n) is 3.12. The summed E-state index contributed by atoms with van der Waals surface area (Å²) in [5.41, 5.74) is 2.66. The van der Waals surface area contributed by atoms with Gasteiger partial charge in [0.2, 0.25) is 11.9 Å². The van der Waals surface area contributed by atoms with E-state index in [-0.39, 0.29) is 30.9 Å². The van der Waals surface area contributed by atoms with Gasteiger partial charge in [-0.2, -0.15) is 10.1 Å². The van der Waals surface area contributed by atoms with Crippen LogP contribution in [0.4, 0.5) is 11.6 Å². The number of aryl methyl sites for hydroxylation is 1. The summed E-state index contributed by atoms with van der Waals surface area (Å²) in [4.78, 5) is 28.0. The first kappa shape index (κ1) is 19.1. The minimum absolute atomic E-state index is 0.101. The molecule has 1 aliphatic rings. The van der Waals surface area contributed by atoms with Crippen molar-refractivity contribution in [2.75, 3.05) is 17.2 Å². The Labute approximate surface area is 175 Å². The summed E-state index contributed by atoms with van der Waals surface area (Å²) in [6.45, 7) is 1.85. The number of hydrogen-bond acceptors (Lipinski definition) is 5. The Bertz CT molecular complexity index is 1060. The first-order valence-electron chi connectivity index (χ1n) is 8.98. The van der Waals surface area contributed by atoms with Gasteiger partial charge in [-0.15, -0.1) is 0 Å². The van der Waals surface area contributed by atoms with E-state index in [1.165, 1.54) is 6.33 Å². The maximum Gasteiger partial charge on any atom is 0.262 e. The van der Waals surface area contributed by atoms with E-state index in [9.17, 15) is 9.59 Å². The molecule has 148 valence electrons. The molecule has 2 N–H and O–H groups in total. The second-order valence-electron chi connectivity index (χ2n) is 6.67. The maximum absolute atomic E-state index is 12.1. The highest BCUT2D eigenvalue weighted by atomic mass is 79.9. The first-order valence-corrected chi connectivity index (χ1v) is 9.77. The molecule has 0 saturated heterocycles. The molecule has 1 atom stereocenters. The summed E-state index contributed by atoms with van der Waals surface area (Å²) >= 11 is 3.43. The van der Waals surface area contributed by atoms with Gasteiger partial charge in [0.1, 0.15) is 12.1 Å². The number of fused-ring (bicyclic) bond motifs is 1. The van der Waals surface area contributed by atoms with E-state index in [1.807, 2.05) is 37.3 Å². The molecular weight excluding hydrogens is 438 g/mol. The van der Waals surface area contributed by atoms with Gasteiger partial charge in [0.25, 0.3) is 5.91 Å². The first-order chi connectivity index (χ1) is 14.0. The Kier molecular flexibility index (Phi) is 5.30. The minimum atomic E-state index is -0.244. The van der Waals surface area contributed by atoms with Gasteiger partial charge < -0.3 is 10.1 Å². The van der Waals surface area contributed by atoms with Crippen LogP contribution in [-0.2, 0) is 9.59 Å². The van der Waals surface area contributed by atoms with E-state index >= 15 is 0 Å². The molecule has 2 heterocycles. The number of nitrogens with zero attached hydrogens (tertiary/aromatic N) is 3. The zero-order valence-electron chi connectivity index (χ0n) is 15.6. The van der Waals surface area contributed by atoms with E-state index in [0.717, 1.165) is 15.6 Å². The number of aromatic nitrogens is 3. The van der Waals surface area contributed by atoms with Crippen molar-refractivity contribution in [3.63, 3.8) is 0 Å². The number of carbonyl (C=O) groups excluding carboxylic acids is 2. The summed E-state index contributed by atoms with van der Waals surface area (Å²) < 4.78 is 8.25. The Balaban J connectivity index is 1.37. The minimum Gasteiger partial charge on any atom is -0.484 e. The van der Waals surface area contributed by atoms with Crippen molar-refractivity contribution in [3.8, 4) is 5.75 Å². The molecule has 9 heteroatoms. The molecule has 8 nitrogen and oxygen atoms in total. The Morgan fingerprint density at radius 1 is 1.31 bits per heavy atom. The summed E-state index contributed by atoms with van der Waals surface area (Å²) in [5, 5.41) is 9.68. The van der Waals surface area contributed by atoms with E-state index < -0.39 is 0 Å². The van der Waals surface area contributed by atoms with Gasteiger partial charge in [0, 0.05) is 10.2 Å². The van der Waals surface area contributed by atoms with Crippen LogP contribution >= 0.6 is 15.9 Å². The van der Waals surface area contributed by atoms with Crippen LogP contribution in [0.25, 0.3) is 0 Å². The van der Waals surface area contributed by atoms with Crippen LogP contribution < -0.4 is 15.4 Å². The third-order valence-electron chi connectivity index (χ3n) is 4.57. The van der Waals surface area contributed by atoms with Crippen molar-refractivity contribution in [1.82, 2.24) is 14.8 Å². The molecule has 0 bridgehead atoms. The van der Waals surface area contributed by atoms with Gasteiger partial charge in [-0.3, -0.25) is 14.9 Å². The average molecular weight is 456 g/mol. The van der Waals surface area contributed by atoms with Crippen LogP contribution in [0.1, 0.15) is 23.6 Å². The largest absolute Gasteiger partial charge is 0.484 e. The number of rotatable bonds is 5. The highest BCUT2D eigenvalue weighted by molar-refractivity contribution is 9.10. The van der Waals surface area contributed by atoms with Crippen molar-refractivity contribution in [1.29, 1.82) is 0 Å². The Morgan fingerprint density at radius 2 is 2.10 bits per heavy atom. The lowest BCUT2D eigenvalue weighted by molar-refractivity contribution is -0.118. The van der Waals surface area contributed by atoms with E-state index in [4.69, 9.17) is 4.74 Å². The number of halogens is 1. The van der Waals surface area contributed by atoms with E-state index in [1.54, 1.807) is 16.8 Å². The molecule has 1 unspecified atom stereocenters. The smallest absolute Gasteiger partial charge is 0.262 e. The van der Waals surface area contributed by atoms with Crippen LogP contribution in [0.3, 0.4) is 0 Å². The third-order valence-corrected chi connectivity index (χ3v) is 5.46. The number of benzene rings is 2. The lowest BCUT2D eigenvalue weighted by Crippen LogP contribution is -2.29. The molecule has 0 aliphatic carbocycles. The predicted octanol–water partition coefficient (Wildman–Crippen LogP) is 3.30. The molecule has 0 fully saturated rings. The number of hydrogen-bond donors (Lipinski definition) is 2. The van der Waals surface area contributed by atoms with Crippen LogP contribution in [0.5, 0.6) is 5.75 Å². The number of carbonyl (C=O) groups is 2. The topological polar surface area (TPSA) is 98.1 Å². The summed E-state index contributed by atoms with van der Waals surface area (Å²) in [6.07, 6.45) is 1.70. The lowest BCUT2D eigenvalue weighted by atomic mass is 10.0. The molecule has 0 spiro atoms. The molecule has 1 aromatic heterocycles. The highest BCUT2D eigenvalue weighted by Crippen LogP contribution is 2.29. The van der Waals surface area contributed by atoms with Crippen molar-refractivity contribution < 1.29 is 14.3 Å². The number of anilines is 2. The second kappa shape index (κ2) is 8.04. The lowest BCUT2D eigenvalue weighted by Gasteiger charge is -2.23.